The smallest absolute Gasteiger partial charge is 0.296 e. The molecule has 1 atom stereocenters. The van der Waals surface area contributed by atoms with Gasteiger partial charge in [0.25, 0.3) is 17.6 Å². The first-order valence-electron chi connectivity index (χ1n) is 10.9. The van der Waals surface area contributed by atoms with Crippen LogP contribution >= 0.6 is 0 Å². The number of benzene rings is 2. The Balaban J connectivity index is 2.01. The minimum Gasteiger partial charge on any atom is -0.507 e. The van der Waals surface area contributed by atoms with Gasteiger partial charge in [0.2, 0.25) is 0 Å². The van der Waals surface area contributed by atoms with Crippen LogP contribution in [0.15, 0.2) is 54.1 Å². The van der Waals surface area contributed by atoms with E-state index < -0.39 is 34.7 Å². The number of fused-ring (bicyclic) bond motifs is 2. The minimum atomic E-state index is -1.80. The van der Waals surface area contributed by atoms with Gasteiger partial charge >= 0.3 is 0 Å². The van der Waals surface area contributed by atoms with Crippen molar-refractivity contribution >= 4 is 29.0 Å². The number of ketones is 1. The summed E-state index contributed by atoms with van der Waals surface area (Å²) in [4.78, 5) is 43.4. The molecule has 2 aromatic carbocycles. The maximum Gasteiger partial charge on any atom is 0.296 e. The van der Waals surface area contributed by atoms with Gasteiger partial charge in [0, 0.05) is 37.9 Å². The molecule has 1 N–H and O–H groups in total. The van der Waals surface area contributed by atoms with Crippen molar-refractivity contribution in [3.8, 4) is 0 Å². The van der Waals surface area contributed by atoms with Crippen LogP contribution in [-0.2, 0) is 24.7 Å². The molecule has 0 aliphatic carbocycles. The summed E-state index contributed by atoms with van der Waals surface area (Å²) in [5.41, 5.74) is -0.902. The number of carbonyl (C=O) groups is 3. The van der Waals surface area contributed by atoms with Crippen LogP contribution in [-0.4, -0.2) is 54.4 Å². The van der Waals surface area contributed by atoms with Gasteiger partial charge in [-0.1, -0.05) is 25.1 Å². The summed E-state index contributed by atoms with van der Waals surface area (Å²) in [5, 5.41) is 11.2. The van der Waals surface area contributed by atoms with Crippen LogP contribution in [0.5, 0.6) is 0 Å². The van der Waals surface area contributed by atoms with E-state index in [1.165, 1.54) is 24.1 Å². The summed E-state index contributed by atoms with van der Waals surface area (Å²) in [6.07, 6.45) is 1.05. The van der Waals surface area contributed by atoms with Crippen LogP contribution in [0, 0.1) is 5.82 Å². The number of carbonyl (C=O) groups excluding carboxylic acids is 3. The number of aliphatic hydroxyl groups excluding tert-OH is 1. The Kier molecular flexibility index (Phi) is 6.03. The van der Waals surface area contributed by atoms with E-state index in [4.69, 9.17) is 4.74 Å². The van der Waals surface area contributed by atoms with Gasteiger partial charge in [-0.05, 0) is 43.2 Å². The van der Waals surface area contributed by atoms with Crippen molar-refractivity contribution in [3.63, 3.8) is 0 Å². The lowest BCUT2D eigenvalue weighted by molar-refractivity contribution is -0.143. The largest absolute Gasteiger partial charge is 0.507 e. The highest BCUT2D eigenvalue weighted by Gasteiger charge is 2.66. The van der Waals surface area contributed by atoms with E-state index >= 15 is 0 Å². The molecule has 0 bridgehead atoms. The fourth-order valence-corrected chi connectivity index (χ4v) is 4.73. The third-order valence-electron chi connectivity index (χ3n) is 6.10. The minimum absolute atomic E-state index is 0.0820. The van der Waals surface area contributed by atoms with Crippen LogP contribution in [0.2, 0.25) is 0 Å². The number of ether oxygens (including phenoxy) is 1. The van der Waals surface area contributed by atoms with Gasteiger partial charge in [-0.2, -0.15) is 0 Å². The van der Waals surface area contributed by atoms with Gasteiger partial charge in [-0.3, -0.25) is 14.4 Å². The first-order chi connectivity index (χ1) is 15.9. The molecule has 0 saturated carbocycles. The standard InChI is InChI=1S/C25H25FN2O5/c1-3-13-27-19-8-5-4-7-18(19)25(24(27)32)20(21(29)16-9-11-17(26)12-10-16)22(30)23(31)28(25)14-6-15-33-2/h4-5,7-12,29H,3,6,13-15H2,1-2H3/t25-/m1/s1. The molecule has 0 radical (unpaired) electrons. The number of methoxy groups -OCH3 is 1. The Morgan fingerprint density at radius 1 is 1.06 bits per heavy atom. The van der Waals surface area contributed by atoms with Crippen molar-refractivity contribution in [2.24, 2.45) is 0 Å². The molecule has 2 aliphatic heterocycles. The van der Waals surface area contributed by atoms with Gasteiger partial charge in [-0.25, -0.2) is 4.39 Å². The molecule has 172 valence electrons. The number of nitrogens with zero attached hydrogens (tertiary/aromatic N) is 2. The van der Waals surface area contributed by atoms with Crippen LogP contribution in [0.1, 0.15) is 30.9 Å². The molecular formula is C25H25FN2O5. The average Bonchev–Trinajstić information content (AvgIpc) is 3.19. The second kappa shape index (κ2) is 8.78. The number of rotatable bonds is 7. The lowest BCUT2D eigenvalue weighted by Gasteiger charge is -2.34. The molecule has 2 aliphatic rings. The molecule has 2 heterocycles. The first kappa shape index (κ1) is 22.7. The van der Waals surface area contributed by atoms with Gasteiger partial charge in [0.15, 0.2) is 5.54 Å². The van der Waals surface area contributed by atoms with Crippen molar-refractivity contribution in [1.29, 1.82) is 0 Å². The van der Waals surface area contributed by atoms with Crippen molar-refractivity contribution < 1.29 is 28.6 Å². The van der Waals surface area contributed by atoms with Crippen LogP contribution < -0.4 is 4.90 Å². The van der Waals surface area contributed by atoms with Gasteiger partial charge in [0.1, 0.15) is 11.6 Å². The lowest BCUT2D eigenvalue weighted by Crippen LogP contribution is -2.52. The fourth-order valence-electron chi connectivity index (χ4n) is 4.73. The van der Waals surface area contributed by atoms with E-state index in [0.717, 1.165) is 12.1 Å². The summed E-state index contributed by atoms with van der Waals surface area (Å²) in [6, 6.07) is 11.9. The summed E-state index contributed by atoms with van der Waals surface area (Å²) in [7, 11) is 1.53. The first-order valence-corrected chi connectivity index (χ1v) is 10.9. The number of anilines is 1. The molecule has 0 unspecified atom stereocenters. The number of amides is 2. The zero-order valence-electron chi connectivity index (χ0n) is 18.5. The summed E-state index contributed by atoms with van der Waals surface area (Å²) in [5.74, 6) is -3.31. The van der Waals surface area contributed by atoms with Crippen LogP contribution in [0.3, 0.4) is 0 Å². The SMILES string of the molecule is CCCN1C(=O)[C@]2(C(=C(O)c3ccc(F)cc3)C(=O)C(=O)N2CCCOC)c2ccccc21. The molecule has 1 fully saturated rings. The maximum atomic E-state index is 14.1. The molecule has 8 heteroatoms. The normalized spacial score (nSPS) is 21.4. The second-order valence-electron chi connectivity index (χ2n) is 8.05. The highest BCUT2D eigenvalue weighted by Crippen LogP contribution is 2.53. The highest BCUT2D eigenvalue weighted by atomic mass is 19.1. The topological polar surface area (TPSA) is 87.2 Å². The molecule has 2 aromatic rings. The van der Waals surface area contributed by atoms with E-state index in [1.807, 2.05) is 6.92 Å². The molecule has 0 aromatic heterocycles. The zero-order valence-corrected chi connectivity index (χ0v) is 18.5. The monoisotopic (exact) mass is 452 g/mol. The van der Waals surface area contributed by atoms with Gasteiger partial charge in [0.05, 0.1) is 11.3 Å². The summed E-state index contributed by atoms with van der Waals surface area (Å²) in [6.45, 7) is 2.72. The molecule has 1 spiro atoms. The second-order valence-corrected chi connectivity index (χ2v) is 8.05. The van der Waals surface area contributed by atoms with Gasteiger partial charge in [-0.15, -0.1) is 0 Å². The Bertz CT molecular complexity index is 1140. The van der Waals surface area contributed by atoms with Crippen molar-refractivity contribution in [2.45, 2.75) is 25.3 Å². The summed E-state index contributed by atoms with van der Waals surface area (Å²) >= 11 is 0. The number of para-hydroxylation sites is 1. The van der Waals surface area contributed by atoms with E-state index in [1.54, 1.807) is 29.2 Å². The van der Waals surface area contributed by atoms with Crippen molar-refractivity contribution in [3.05, 3.63) is 71.0 Å². The van der Waals surface area contributed by atoms with E-state index in [2.05, 4.69) is 0 Å². The zero-order chi connectivity index (χ0) is 23.8. The van der Waals surface area contributed by atoms with Crippen molar-refractivity contribution in [1.82, 2.24) is 4.90 Å². The Labute approximate surface area is 191 Å². The molecule has 33 heavy (non-hydrogen) atoms. The van der Waals surface area contributed by atoms with E-state index in [9.17, 15) is 23.9 Å². The number of hydrogen-bond acceptors (Lipinski definition) is 5. The van der Waals surface area contributed by atoms with Crippen LogP contribution in [0.4, 0.5) is 10.1 Å². The third kappa shape index (κ3) is 3.33. The number of Topliss-reactive ketones (excluding diaryl/α,β-unsaturated/α-hetero) is 1. The number of likely N-dealkylation sites (tertiary alicyclic amines) is 1. The Morgan fingerprint density at radius 3 is 2.42 bits per heavy atom. The third-order valence-corrected chi connectivity index (χ3v) is 6.10. The number of hydrogen-bond donors (Lipinski definition) is 1. The summed E-state index contributed by atoms with van der Waals surface area (Å²) < 4.78 is 18.6. The van der Waals surface area contributed by atoms with Gasteiger partial charge < -0.3 is 19.6 Å². The highest BCUT2D eigenvalue weighted by molar-refractivity contribution is 6.50. The average molecular weight is 452 g/mol. The molecule has 1 saturated heterocycles. The molecule has 2 amide bonds. The van der Waals surface area contributed by atoms with E-state index in [-0.39, 0.29) is 17.7 Å². The quantitative estimate of drug-likeness (QED) is 0.302. The number of halogens is 1. The lowest BCUT2D eigenvalue weighted by atomic mass is 9.82. The number of aliphatic hydroxyl groups is 1. The Morgan fingerprint density at radius 2 is 1.76 bits per heavy atom. The molecular weight excluding hydrogens is 427 g/mol. The van der Waals surface area contributed by atoms with Crippen LogP contribution in [0.25, 0.3) is 5.76 Å². The van der Waals surface area contributed by atoms with E-state index in [0.29, 0.717) is 37.2 Å². The fraction of sp³-hybridized carbons (Fsp3) is 0.320. The maximum absolute atomic E-state index is 14.1. The Hall–Kier alpha value is -3.52. The van der Waals surface area contributed by atoms with Crippen molar-refractivity contribution in [2.75, 3.05) is 31.7 Å². The molecule has 7 nitrogen and oxygen atoms in total. The predicted molar refractivity (Wildman–Crippen MR) is 120 cm³/mol. The predicted octanol–water partition coefficient (Wildman–Crippen LogP) is 3.19. The molecule has 4 rings (SSSR count).